The molecule has 138 valence electrons. The van der Waals surface area contributed by atoms with Crippen molar-refractivity contribution in [3.05, 3.63) is 56.9 Å². The van der Waals surface area contributed by atoms with Crippen molar-refractivity contribution >= 4 is 39.9 Å². The van der Waals surface area contributed by atoms with Gasteiger partial charge >= 0.3 is 0 Å². The second kappa shape index (κ2) is 6.62. The normalized spacial score (nSPS) is 13.7. The smallest absolute Gasteiger partial charge is 0.294 e. The maximum Gasteiger partial charge on any atom is 0.294 e. The number of aryl methyl sites for hydroxylation is 1. The Labute approximate surface area is 159 Å². The molecule has 1 aliphatic rings. The van der Waals surface area contributed by atoms with Crippen LogP contribution in [-0.4, -0.2) is 25.6 Å². The highest BCUT2D eigenvalue weighted by molar-refractivity contribution is 6.31. The number of carbonyl (C=O) groups excluding carboxylic acids is 1. The van der Waals surface area contributed by atoms with Crippen LogP contribution in [0.1, 0.15) is 30.0 Å². The van der Waals surface area contributed by atoms with E-state index in [1.807, 2.05) is 13.0 Å². The third kappa shape index (κ3) is 3.35. The fourth-order valence-corrected chi connectivity index (χ4v) is 3.41. The van der Waals surface area contributed by atoms with Crippen molar-refractivity contribution in [2.45, 2.75) is 32.2 Å². The molecule has 3 aromatic rings. The molecule has 0 radical (unpaired) electrons. The second-order valence-electron chi connectivity index (χ2n) is 6.58. The van der Waals surface area contributed by atoms with Gasteiger partial charge in [-0.15, -0.1) is 0 Å². The quantitative estimate of drug-likeness (QED) is 0.531. The lowest BCUT2D eigenvalue weighted by Gasteiger charge is -2.07. The third-order valence-corrected chi connectivity index (χ3v) is 4.82. The van der Waals surface area contributed by atoms with Crippen LogP contribution >= 0.6 is 11.6 Å². The van der Waals surface area contributed by atoms with Gasteiger partial charge in [0.2, 0.25) is 5.91 Å². The first-order valence-corrected chi connectivity index (χ1v) is 8.87. The van der Waals surface area contributed by atoms with Gasteiger partial charge in [0.05, 0.1) is 10.6 Å². The van der Waals surface area contributed by atoms with E-state index in [-0.39, 0.29) is 22.9 Å². The number of rotatable bonds is 5. The summed E-state index contributed by atoms with van der Waals surface area (Å²) in [6, 6.07) is 6.11. The molecule has 1 aliphatic carbocycles. The lowest BCUT2D eigenvalue weighted by Crippen LogP contribution is -2.20. The van der Waals surface area contributed by atoms with Gasteiger partial charge in [-0.1, -0.05) is 11.6 Å². The van der Waals surface area contributed by atoms with Crippen molar-refractivity contribution in [1.82, 2.24) is 14.8 Å². The van der Waals surface area contributed by atoms with E-state index < -0.39 is 10.8 Å². The number of nitrogens with zero attached hydrogens (tertiary/aromatic N) is 4. The average Bonchev–Trinajstić information content (AvgIpc) is 3.42. The average molecular weight is 386 g/mol. The number of anilines is 1. The van der Waals surface area contributed by atoms with Crippen LogP contribution in [0.15, 0.2) is 30.5 Å². The molecule has 1 saturated carbocycles. The number of nitro benzene ring substituents is 1. The van der Waals surface area contributed by atoms with Gasteiger partial charge < -0.3 is 5.32 Å². The first kappa shape index (κ1) is 17.4. The van der Waals surface area contributed by atoms with Crippen LogP contribution in [0.5, 0.6) is 0 Å². The Morgan fingerprint density at radius 1 is 1.41 bits per heavy atom. The van der Waals surface area contributed by atoms with Crippen molar-refractivity contribution in [3.63, 3.8) is 0 Å². The summed E-state index contributed by atoms with van der Waals surface area (Å²) in [5.74, 6) is 0.112. The predicted molar refractivity (Wildman–Crippen MR) is 101 cm³/mol. The van der Waals surface area contributed by atoms with Crippen LogP contribution in [-0.2, 0) is 11.3 Å². The first-order chi connectivity index (χ1) is 12.9. The molecular weight excluding hydrogens is 370 g/mol. The van der Waals surface area contributed by atoms with Gasteiger partial charge in [-0.2, -0.15) is 5.10 Å². The number of pyridine rings is 1. The van der Waals surface area contributed by atoms with E-state index in [2.05, 4.69) is 15.4 Å². The molecule has 2 heterocycles. The van der Waals surface area contributed by atoms with E-state index in [4.69, 9.17) is 11.6 Å². The maximum atomic E-state index is 12.5. The molecule has 4 rings (SSSR count). The topological polar surface area (TPSA) is 103 Å². The van der Waals surface area contributed by atoms with Gasteiger partial charge in [0.25, 0.3) is 5.69 Å². The van der Waals surface area contributed by atoms with E-state index in [1.54, 1.807) is 6.20 Å². The number of benzene rings is 1. The highest BCUT2D eigenvalue weighted by atomic mass is 35.5. The van der Waals surface area contributed by atoms with E-state index in [1.165, 1.54) is 28.4 Å². The van der Waals surface area contributed by atoms with E-state index in [0.29, 0.717) is 11.6 Å². The Morgan fingerprint density at radius 2 is 2.19 bits per heavy atom. The van der Waals surface area contributed by atoms with Crippen molar-refractivity contribution < 1.29 is 9.72 Å². The minimum atomic E-state index is -0.585. The summed E-state index contributed by atoms with van der Waals surface area (Å²) < 4.78 is 1.54. The highest BCUT2D eigenvalue weighted by Gasteiger charge is 2.28. The van der Waals surface area contributed by atoms with Gasteiger partial charge in [-0.3, -0.25) is 14.9 Å². The zero-order valence-electron chi connectivity index (χ0n) is 14.5. The van der Waals surface area contributed by atoms with E-state index in [0.717, 1.165) is 23.9 Å². The molecule has 1 fully saturated rings. The molecule has 0 bridgehead atoms. The Bertz CT molecular complexity index is 1070. The van der Waals surface area contributed by atoms with E-state index >= 15 is 0 Å². The summed E-state index contributed by atoms with van der Waals surface area (Å²) in [7, 11) is 0. The summed E-state index contributed by atoms with van der Waals surface area (Å²) >= 11 is 5.80. The molecule has 27 heavy (non-hydrogen) atoms. The van der Waals surface area contributed by atoms with Crippen molar-refractivity contribution in [2.24, 2.45) is 0 Å². The Morgan fingerprint density at radius 3 is 2.89 bits per heavy atom. The monoisotopic (exact) mass is 385 g/mol. The molecule has 0 unspecified atom stereocenters. The van der Waals surface area contributed by atoms with Crippen LogP contribution in [0.25, 0.3) is 11.0 Å². The van der Waals surface area contributed by atoms with Gasteiger partial charge in [0.15, 0.2) is 5.65 Å². The Hall–Kier alpha value is -3.00. The molecule has 0 atom stereocenters. The van der Waals surface area contributed by atoms with Gasteiger partial charge in [0.1, 0.15) is 12.2 Å². The lowest BCUT2D eigenvalue weighted by atomic mass is 10.1. The molecule has 9 heteroatoms. The van der Waals surface area contributed by atoms with E-state index in [9.17, 15) is 14.9 Å². The zero-order chi connectivity index (χ0) is 19.1. The van der Waals surface area contributed by atoms with Crippen LogP contribution in [0, 0.1) is 17.0 Å². The summed E-state index contributed by atoms with van der Waals surface area (Å²) in [6.45, 7) is 1.81. The Kier molecular flexibility index (Phi) is 4.27. The zero-order valence-corrected chi connectivity index (χ0v) is 15.2. The minimum Gasteiger partial charge on any atom is -0.319 e. The molecule has 1 aromatic carbocycles. The molecule has 0 aliphatic heterocycles. The number of hydrogen-bond acceptors (Lipinski definition) is 5. The molecule has 8 nitrogen and oxygen atoms in total. The van der Waals surface area contributed by atoms with Crippen molar-refractivity contribution in [3.8, 4) is 0 Å². The summed E-state index contributed by atoms with van der Waals surface area (Å²) in [4.78, 5) is 27.4. The number of aromatic nitrogens is 3. The highest BCUT2D eigenvalue weighted by Crippen LogP contribution is 2.43. The van der Waals surface area contributed by atoms with Crippen LogP contribution in [0.4, 0.5) is 11.4 Å². The fourth-order valence-electron chi connectivity index (χ4n) is 3.24. The maximum absolute atomic E-state index is 12.5. The van der Waals surface area contributed by atoms with Gasteiger partial charge in [-0.05, 0) is 49.4 Å². The number of nitrogens with one attached hydrogen (secondary N) is 1. The second-order valence-corrected chi connectivity index (χ2v) is 7.02. The largest absolute Gasteiger partial charge is 0.319 e. The predicted octanol–water partition coefficient (Wildman–Crippen LogP) is 3.82. The van der Waals surface area contributed by atoms with Crippen LogP contribution in [0.3, 0.4) is 0 Å². The number of hydrogen-bond donors (Lipinski definition) is 1. The molecule has 0 spiro atoms. The Balaban J connectivity index is 1.61. The van der Waals surface area contributed by atoms with Crippen molar-refractivity contribution in [2.75, 3.05) is 5.32 Å². The van der Waals surface area contributed by atoms with Gasteiger partial charge in [-0.25, -0.2) is 9.67 Å². The molecule has 2 aromatic heterocycles. The molecule has 0 saturated heterocycles. The number of fused-ring (bicyclic) bond motifs is 1. The number of carbonyl (C=O) groups is 1. The minimum absolute atomic E-state index is 0.0919. The summed E-state index contributed by atoms with van der Waals surface area (Å²) in [5.41, 5.74) is 2.53. The summed E-state index contributed by atoms with van der Waals surface area (Å²) in [5, 5.41) is 19.4. The van der Waals surface area contributed by atoms with Crippen LogP contribution < -0.4 is 5.32 Å². The van der Waals surface area contributed by atoms with Crippen LogP contribution in [0.2, 0.25) is 5.02 Å². The first-order valence-electron chi connectivity index (χ1n) is 8.50. The standard InChI is InChI=1S/C18H16ClN5O3/c1-10-17-13(11-2-3-11)6-7-20-18(17)23(22-10)9-16(25)21-14-5-4-12(19)8-15(14)24(26)27/h4-8,11H,2-3,9H2,1H3,(H,21,25). The van der Waals surface area contributed by atoms with Gasteiger partial charge in [0, 0.05) is 22.7 Å². The SMILES string of the molecule is Cc1nn(CC(=O)Nc2ccc(Cl)cc2[N+](=O)[O-])c2nccc(C3CC3)c12. The number of halogens is 1. The number of amides is 1. The lowest BCUT2D eigenvalue weighted by molar-refractivity contribution is -0.383. The third-order valence-electron chi connectivity index (χ3n) is 4.58. The molecular formula is C18H16ClN5O3. The fraction of sp³-hybridized carbons (Fsp3) is 0.278. The molecule has 1 N–H and O–H groups in total. The summed E-state index contributed by atoms with van der Waals surface area (Å²) in [6.07, 6.45) is 4.05. The van der Waals surface area contributed by atoms with Crippen molar-refractivity contribution in [1.29, 1.82) is 0 Å². The molecule has 1 amide bonds. The number of nitro groups is 1.